The fourth-order valence-electron chi connectivity index (χ4n) is 4.42. The van der Waals surface area contributed by atoms with E-state index in [1.165, 1.54) is 11.1 Å². The van der Waals surface area contributed by atoms with Gasteiger partial charge >= 0.3 is 0 Å². The van der Waals surface area contributed by atoms with Gasteiger partial charge in [0.05, 0.1) is 6.04 Å². The lowest BCUT2D eigenvalue weighted by Crippen LogP contribution is -2.57. The van der Waals surface area contributed by atoms with E-state index in [9.17, 15) is 0 Å². The topological polar surface area (TPSA) is 15.7 Å². The first-order valence-electron chi connectivity index (χ1n) is 12.1. The summed E-state index contributed by atoms with van der Waals surface area (Å²) in [5.74, 6) is 0.993. The maximum absolute atomic E-state index is 6.69. The van der Waals surface area contributed by atoms with Gasteiger partial charge in [0.15, 0.2) is 0 Å². The first kappa shape index (κ1) is 26.2. The third-order valence-electron chi connectivity index (χ3n) is 7.40. The van der Waals surface area contributed by atoms with E-state index in [1.54, 1.807) is 0 Å². The van der Waals surface area contributed by atoms with Crippen molar-refractivity contribution in [3.63, 3.8) is 0 Å². The Bertz CT molecular complexity index is 938. The minimum absolute atomic E-state index is 0.166. The molecule has 0 bridgehead atoms. The van der Waals surface area contributed by atoms with Gasteiger partial charge in [0.25, 0.3) is 0 Å². The fourth-order valence-corrected chi connectivity index (χ4v) is 5.71. The smallest absolute Gasteiger partial charge is 0.250 e. The van der Waals surface area contributed by atoms with Crippen molar-refractivity contribution in [2.45, 2.75) is 70.9 Å². The summed E-state index contributed by atoms with van der Waals surface area (Å²) in [6.07, 6.45) is 2.02. The Balaban J connectivity index is 1.99. The average Bonchev–Trinajstić information content (AvgIpc) is 2.72. The second-order valence-corrected chi connectivity index (χ2v) is 16.7. The molecule has 180 valence electrons. The van der Waals surface area contributed by atoms with Crippen molar-refractivity contribution in [2.24, 2.45) is 0 Å². The molecule has 0 amide bonds. The van der Waals surface area contributed by atoms with Gasteiger partial charge in [-0.05, 0) is 67.4 Å². The Hall–Kier alpha value is -1.40. The molecule has 2 aromatic carbocycles. The number of benzene rings is 2. The van der Waals surface area contributed by atoms with Gasteiger partial charge in [-0.3, -0.25) is 9.80 Å². The summed E-state index contributed by atoms with van der Waals surface area (Å²) in [6.45, 7) is 23.1. The normalized spacial score (nSPS) is 21.6. The van der Waals surface area contributed by atoms with E-state index >= 15 is 0 Å². The van der Waals surface area contributed by atoms with E-state index in [4.69, 9.17) is 4.43 Å². The van der Waals surface area contributed by atoms with Crippen molar-refractivity contribution >= 4 is 24.2 Å². The lowest BCUT2D eigenvalue weighted by Gasteiger charge is -2.47. The highest BCUT2D eigenvalue weighted by atomic mass is 79.9. The largest absolute Gasteiger partial charge is 0.543 e. The highest BCUT2D eigenvalue weighted by Crippen LogP contribution is 2.39. The maximum atomic E-state index is 6.69. The Labute approximate surface area is 211 Å². The van der Waals surface area contributed by atoms with Gasteiger partial charge in [0.1, 0.15) is 5.75 Å². The lowest BCUT2D eigenvalue weighted by molar-refractivity contribution is 0.0306. The van der Waals surface area contributed by atoms with Gasteiger partial charge in [-0.2, -0.15) is 0 Å². The standard InChI is InChI=1S/C28H41BrN2OSi/c1-9-17-30-19-22(3)31(20-21(30)2)27(23-13-15-25(29)16-14-23)24-11-10-12-26(18-24)32-33(7,8)28(4,5)6/h9-16,18,21-22,27H,1,17,19-20H2,2-8H3/t21-,22+,27?/m1/s1. The molecule has 3 rings (SSSR count). The molecular formula is C28H41BrN2OSi. The van der Waals surface area contributed by atoms with Crippen LogP contribution in [0.15, 0.2) is 65.7 Å². The van der Waals surface area contributed by atoms with Gasteiger partial charge in [0, 0.05) is 36.2 Å². The van der Waals surface area contributed by atoms with Crippen LogP contribution in [0.4, 0.5) is 0 Å². The molecule has 0 spiro atoms. The molecule has 0 N–H and O–H groups in total. The van der Waals surface area contributed by atoms with Crippen molar-refractivity contribution in [1.82, 2.24) is 9.80 Å². The Kier molecular flexibility index (Phi) is 8.31. The Morgan fingerprint density at radius 2 is 1.73 bits per heavy atom. The van der Waals surface area contributed by atoms with Crippen molar-refractivity contribution in [3.05, 3.63) is 76.8 Å². The van der Waals surface area contributed by atoms with Crippen LogP contribution in [0.5, 0.6) is 5.75 Å². The van der Waals surface area contributed by atoms with Gasteiger partial charge in [-0.25, -0.2) is 0 Å². The molecule has 2 aromatic rings. The fraction of sp³-hybridized carbons (Fsp3) is 0.500. The monoisotopic (exact) mass is 528 g/mol. The van der Waals surface area contributed by atoms with Crippen molar-refractivity contribution < 1.29 is 4.43 Å². The van der Waals surface area contributed by atoms with Crippen LogP contribution in [-0.4, -0.2) is 49.8 Å². The van der Waals surface area contributed by atoms with Crippen molar-refractivity contribution in [1.29, 1.82) is 0 Å². The number of rotatable bonds is 7. The zero-order chi connectivity index (χ0) is 24.4. The molecule has 1 unspecified atom stereocenters. The first-order valence-corrected chi connectivity index (χ1v) is 15.8. The molecule has 3 atom stereocenters. The predicted octanol–water partition coefficient (Wildman–Crippen LogP) is 7.50. The second-order valence-electron chi connectivity index (χ2n) is 11.0. The van der Waals surface area contributed by atoms with Crippen molar-refractivity contribution in [2.75, 3.05) is 19.6 Å². The number of hydrogen-bond acceptors (Lipinski definition) is 3. The third kappa shape index (κ3) is 6.19. The van der Waals surface area contributed by atoms with Crippen molar-refractivity contribution in [3.8, 4) is 5.75 Å². The summed E-state index contributed by atoms with van der Waals surface area (Å²) in [5.41, 5.74) is 2.61. The molecule has 0 aromatic heterocycles. The molecule has 1 heterocycles. The molecule has 5 heteroatoms. The number of nitrogens with zero attached hydrogens (tertiary/aromatic N) is 2. The SMILES string of the molecule is C=CCN1C[C@H](C)N(C(c2ccc(Br)cc2)c2cccc(O[Si](C)(C)C(C)(C)C)c2)C[C@H]1C. The molecule has 1 fully saturated rings. The maximum Gasteiger partial charge on any atom is 0.250 e. The molecule has 33 heavy (non-hydrogen) atoms. The summed E-state index contributed by atoms with van der Waals surface area (Å²) in [4.78, 5) is 5.20. The Morgan fingerprint density at radius 3 is 2.33 bits per heavy atom. The van der Waals surface area contributed by atoms with Crippen LogP contribution in [0.2, 0.25) is 18.1 Å². The van der Waals surface area contributed by atoms with Crippen LogP contribution >= 0.6 is 15.9 Å². The highest BCUT2D eigenvalue weighted by molar-refractivity contribution is 9.10. The number of halogens is 1. The van der Waals surface area contributed by atoms with Gasteiger partial charge in [-0.1, -0.05) is 67.0 Å². The minimum atomic E-state index is -1.91. The van der Waals surface area contributed by atoms with Gasteiger partial charge < -0.3 is 4.43 Å². The molecule has 1 aliphatic heterocycles. The summed E-state index contributed by atoms with van der Waals surface area (Å²) in [5, 5.41) is 0.166. The van der Waals surface area contributed by atoms with Gasteiger partial charge in [0.2, 0.25) is 8.32 Å². The third-order valence-corrected chi connectivity index (χ3v) is 12.3. The van der Waals surface area contributed by atoms with E-state index in [-0.39, 0.29) is 11.1 Å². The van der Waals surface area contributed by atoms with E-state index in [0.29, 0.717) is 12.1 Å². The average molecular weight is 530 g/mol. The zero-order valence-corrected chi connectivity index (χ0v) is 24.0. The molecule has 1 saturated heterocycles. The van der Waals surface area contributed by atoms with Crippen LogP contribution in [0.3, 0.4) is 0 Å². The van der Waals surface area contributed by atoms with Crippen LogP contribution < -0.4 is 4.43 Å². The van der Waals surface area contributed by atoms with Crippen LogP contribution in [-0.2, 0) is 0 Å². The zero-order valence-electron chi connectivity index (χ0n) is 21.4. The van der Waals surface area contributed by atoms with Gasteiger partial charge in [-0.15, -0.1) is 6.58 Å². The summed E-state index contributed by atoms with van der Waals surface area (Å²) >= 11 is 3.61. The predicted molar refractivity (Wildman–Crippen MR) is 148 cm³/mol. The van der Waals surface area contributed by atoms with E-state index in [1.807, 2.05) is 6.08 Å². The van der Waals surface area contributed by atoms with Crippen LogP contribution in [0.1, 0.15) is 51.8 Å². The summed E-state index contributed by atoms with van der Waals surface area (Å²) in [7, 11) is -1.91. The number of piperazine rings is 1. The van der Waals surface area contributed by atoms with Crippen LogP contribution in [0, 0.1) is 0 Å². The quantitative estimate of drug-likeness (QED) is 0.273. The highest BCUT2D eigenvalue weighted by Gasteiger charge is 2.39. The summed E-state index contributed by atoms with van der Waals surface area (Å²) in [6, 6.07) is 18.7. The van der Waals surface area contributed by atoms with E-state index < -0.39 is 8.32 Å². The minimum Gasteiger partial charge on any atom is -0.543 e. The molecule has 3 nitrogen and oxygen atoms in total. The summed E-state index contributed by atoms with van der Waals surface area (Å²) < 4.78 is 7.80. The molecular weight excluding hydrogens is 488 g/mol. The van der Waals surface area contributed by atoms with E-state index in [2.05, 4.69) is 129 Å². The lowest BCUT2D eigenvalue weighted by atomic mass is 9.93. The molecule has 0 saturated carbocycles. The first-order chi connectivity index (χ1) is 15.4. The Morgan fingerprint density at radius 1 is 1.06 bits per heavy atom. The molecule has 1 aliphatic rings. The molecule has 0 aliphatic carbocycles. The van der Waals surface area contributed by atoms with E-state index in [0.717, 1.165) is 29.9 Å². The number of hydrogen-bond donors (Lipinski definition) is 0. The molecule has 0 radical (unpaired) electrons. The second kappa shape index (κ2) is 10.5. The van der Waals surface area contributed by atoms with Crippen LogP contribution in [0.25, 0.3) is 0 Å².